The number of rotatable bonds is 7. The van der Waals surface area contributed by atoms with E-state index < -0.39 is 24.0 Å². The number of ether oxygens (including phenoxy) is 1. The molecule has 2 amide bonds. The summed E-state index contributed by atoms with van der Waals surface area (Å²) in [6.07, 6.45) is -1.88. The van der Waals surface area contributed by atoms with Gasteiger partial charge in [-0.15, -0.1) is 0 Å². The Kier molecular flexibility index (Phi) is 5.78. The summed E-state index contributed by atoms with van der Waals surface area (Å²) in [5.74, 6) is -1.10. The minimum atomic E-state index is -1.40. The lowest BCUT2D eigenvalue weighted by atomic mass is 10.1. The first-order valence-electron chi connectivity index (χ1n) is 7.49. The second-order valence-electron chi connectivity index (χ2n) is 5.32. The molecule has 8 heteroatoms. The second-order valence-corrected chi connectivity index (χ2v) is 5.32. The number of carbonyl (C=O) groups is 3. The first kappa shape index (κ1) is 18.1. The summed E-state index contributed by atoms with van der Waals surface area (Å²) >= 11 is 0. The Bertz CT molecular complexity index is 805. The van der Waals surface area contributed by atoms with Crippen molar-refractivity contribution in [2.24, 2.45) is 0 Å². The normalized spacial score (nSPS) is 11.6. The SMILES string of the molecule is COc1cccc2ccc(NC(=O)[C@H](CCC(=O)O)NC(=O)O)cc12. The Hall–Kier alpha value is -3.29. The molecule has 0 bridgehead atoms. The highest BCUT2D eigenvalue weighted by Gasteiger charge is 2.21. The van der Waals surface area contributed by atoms with Crippen LogP contribution in [-0.4, -0.2) is 41.3 Å². The maximum Gasteiger partial charge on any atom is 0.405 e. The topological polar surface area (TPSA) is 125 Å². The molecule has 132 valence electrons. The third-order valence-electron chi connectivity index (χ3n) is 3.59. The highest BCUT2D eigenvalue weighted by molar-refractivity contribution is 5.99. The third kappa shape index (κ3) is 4.84. The lowest BCUT2D eigenvalue weighted by Gasteiger charge is -2.16. The van der Waals surface area contributed by atoms with Crippen molar-refractivity contribution in [3.63, 3.8) is 0 Å². The Labute approximate surface area is 143 Å². The van der Waals surface area contributed by atoms with E-state index in [0.717, 1.165) is 10.8 Å². The van der Waals surface area contributed by atoms with Crippen LogP contribution in [0.5, 0.6) is 5.75 Å². The van der Waals surface area contributed by atoms with Crippen LogP contribution in [0.4, 0.5) is 10.5 Å². The van der Waals surface area contributed by atoms with Crippen LogP contribution in [0.25, 0.3) is 10.8 Å². The van der Waals surface area contributed by atoms with E-state index in [1.807, 2.05) is 17.4 Å². The van der Waals surface area contributed by atoms with Gasteiger partial charge in [-0.25, -0.2) is 4.79 Å². The quantitative estimate of drug-likeness (QED) is 0.609. The number of fused-ring (bicyclic) bond motifs is 1. The van der Waals surface area contributed by atoms with Gasteiger partial charge in [0.2, 0.25) is 5.91 Å². The molecule has 2 aromatic carbocycles. The number of carbonyl (C=O) groups excluding carboxylic acids is 1. The van der Waals surface area contributed by atoms with Crippen LogP contribution < -0.4 is 15.4 Å². The third-order valence-corrected chi connectivity index (χ3v) is 3.59. The number of carboxylic acid groups (broad SMARTS) is 2. The molecule has 0 aromatic heterocycles. The van der Waals surface area contributed by atoms with Crippen LogP contribution >= 0.6 is 0 Å². The van der Waals surface area contributed by atoms with Crippen molar-refractivity contribution in [3.8, 4) is 5.75 Å². The summed E-state index contributed by atoms with van der Waals surface area (Å²) in [7, 11) is 1.54. The molecule has 0 aliphatic carbocycles. The van der Waals surface area contributed by atoms with Crippen molar-refractivity contribution in [2.75, 3.05) is 12.4 Å². The number of anilines is 1. The van der Waals surface area contributed by atoms with Crippen LogP contribution in [-0.2, 0) is 9.59 Å². The fourth-order valence-electron chi connectivity index (χ4n) is 2.41. The molecule has 8 nitrogen and oxygen atoms in total. The predicted molar refractivity (Wildman–Crippen MR) is 90.9 cm³/mol. The van der Waals surface area contributed by atoms with Gasteiger partial charge in [-0.1, -0.05) is 18.2 Å². The average Bonchev–Trinajstić information content (AvgIpc) is 2.57. The van der Waals surface area contributed by atoms with Gasteiger partial charge < -0.3 is 25.6 Å². The number of nitrogens with one attached hydrogen (secondary N) is 2. The zero-order valence-electron chi connectivity index (χ0n) is 13.5. The minimum Gasteiger partial charge on any atom is -0.496 e. The predicted octanol–water partition coefficient (Wildman–Crippen LogP) is 2.29. The molecule has 0 saturated carbocycles. The van der Waals surface area contributed by atoms with Gasteiger partial charge >= 0.3 is 12.1 Å². The van der Waals surface area contributed by atoms with Crippen molar-refractivity contribution in [3.05, 3.63) is 36.4 Å². The molecule has 2 aromatic rings. The number of methoxy groups -OCH3 is 1. The van der Waals surface area contributed by atoms with E-state index in [9.17, 15) is 14.4 Å². The molecule has 2 rings (SSSR count). The van der Waals surface area contributed by atoms with E-state index in [4.69, 9.17) is 14.9 Å². The molecule has 0 unspecified atom stereocenters. The number of hydrogen-bond acceptors (Lipinski definition) is 4. The number of aliphatic carboxylic acids is 1. The zero-order chi connectivity index (χ0) is 18.4. The van der Waals surface area contributed by atoms with Gasteiger partial charge in [-0.05, 0) is 30.0 Å². The molecule has 0 spiro atoms. The van der Waals surface area contributed by atoms with Crippen LogP contribution in [0.15, 0.2) is 36.4 Å². The van der Waals surface area contributed by atoms with Crippen LogP contribution in [0.2, 0.25) is 0 Å². The maximum atomic E-state index is 12.3. The second kappa shape index (κ2) is 8.00. The summed E-state index contributed by atoms with van der Waals surface area (Å²) in [5, 5.41) is 23.9. The molecule has 0 heterocycles. The highest BCUT2D eigenvalue weighted by Crippen LogP contribution is 2.28. The monoisotopic (exact) mass is 346 g/mol. The Morgan fingerprint density at radius 1 is 1.16 bits per heavy atom. The lowest BCUT2D eigenvalue weighted by Crippen LogP contribution is -2.43. The first-order chi connectivity index (χ1) is 11.9. The number of carboxylic acids is 1. The van der Waals surface area contributed by atoms with E-state index in [1.165, 1.54) is 0 Å². The summed E-state index contributed by atoms with van der Waals surface area (Å²) in [4.78, 5) is 33.8. The van der Waals surface area contributed by atoms with E-state index >= 15 is 0 Å². The van der Waals surface area contributed by atoms with Crippen molar-refractivity contribution in [1.82, 2.24) is 5.32 Å². The molecule has 0 fully saturated rings. The summed E-state index contributed by atoms with van der Waals surface area (Å²) in [5.41, 5.74) is 0.453. The Morgan fingerprint density at radius 3 is 2.56 bits per heavy atom. The van der Waals surface area contributed by atoms with Crippen molar-refractivity contribution in [2.45, 2.75) is 18.9 Å². The smallest absolute Gasteiger partial charge is 0.405 e. The van der Waals surface area contributed by atoms with E-state index in [-0.39, 0.29) is 12.8 Å². The standard InChI is InChI=1S/C17H18N2O6/c1-25-14-4-2-3-10-5-6-11(9-12(10)14)18-16(22)13(19-17(23)24)7-8-15(20)21/h2-6,9,13,19H,7-8H2,1H3,(H,18,22)(H,20,21)(H,23,24)/t13-/m0/s1. The van der Waals surface area contributed by atoms with Crippen molar-refractivity contribution < 1.29 is 29.3 Å². The van der Waals surface area contributed by atoms with E-state index in [0.29, 0.717) is 11.4 Å². The van der Waals surface area contributed by atoms with Crippen LogP contribution in [0, 0.1) is 0 Å². The van der Waals surface area contributed by atoms with Crippen molar-refractivity contribution >= 4 is 34.4 Å². The van der Waals surface area contributed by atoms with Gasteiger partial charge in [-0.3, -0.25) is 9.59 Å². The van der Waals surface area contributed by atoms with E-state index in [1.54, 1.807) is 31.4 Å². The number of hydrogen-bond donors (Lipinski definition) is 4. The molecule has 25 heavy (non-hydrogen) atoms. The van der Waals surface area contributed by atoms with E-state index in [2.05, 4.69) is 5.32 Å². The van der Waals surface area contributed by atoms with Gasteiger partial charge in [-0.2, -0.15) is 0 Å². The van der Waals surface area contributed by atoms with Gasteiger partial charge in [0.25, 0.3) is 0 Å². The van der Waals surface area contributed by atoms with Gasteiger partial charge in [0, 0.05) is 17.5 Å². The fourth-order valence-corrected chi connectivity index (χ4v) is 2.41. The van der Waals surface area contributed by atoms with Gasteiger partial charge in [0.1, 0.15) is 11.8 Å². The highest BCUT2D eigenvalue weighted by atomic mass is 16.5. The van der Waals surface area contributed by atoms with Gasteiger partial charge in [0.15, 0.2) is 0 Å². The molecule has 4 N–H and O–H groups in total. The number of amides is 2. The maximum absolute atomic E-state index is 12.3. The largest absolute Gasteiger partial charge is 0.496 e. The van der Waals surface area contributed by atoms with Crippen LogP contribution in [0.3, 0.4) is 0 Å². The van der Waals surface area contributed by atoms with Crippen LogP contribution in [0.1, 0.15) is 12.8 Å². The summed E-state index contributed by atoms with van der Waals surface area (Å²) < 4.78 is 5.28. The lowest BCUT2D eigenvalue weighted by molar-refractivity contribution is -0.137. The summed E-state index contributed by atoms with van der Waals surface area (Å²) in [6.45, 7) is 0. The molecule has 0 radical (unpaired) electrons. The fraction of sp³-hybridized carbons (Fsp3) is 0.235. The first-order valence-corrected chi connectivity index (χ1v) is 7.49. The molecule has 1 atom stereocenters. The minimum absolute atomic E-state index is 0.148. The molecule has 0 aliphatic heterocycles. The Morgan fingerprint density at radius 2 is 1.92 bits per heavy atom. The summed E-state index contributed by atoms with van der Waals surface area (Å²) in [6, 6.07) is 9.54. The average molecular weight is 346 g/mol. The van der Waals surface area contributed by atoms with Crippen molar-refractivity contribution in [1.29, 1.82) is 0 Å². The number of benzene rings is 2. The Balaban J connectivity index is 2.20. The zero-order valence-corrected chi connectivity index (χ0v) is 13.5. The molecule has 0 saturated heterocycles. The molecular formula is C17H18N2O6. The molecule has 0 aliphatic rings. The van der Waals surface area contributed by atoms with Gasteiger partial charge in [0.05, 0.1) is 7.11 Å². The molecular weight excluding hydrogens is 328 g/mol.